The molecular formula is C9H9O3S. The lowest BCUT2D eigenvalue weighted by Crippen LogP contribution is -2.06. The minimum Gasteiger partial charge on any atom is -0.291 e. The van der Waals surface area contributed by atoms with Gasteiger partial charge in [-0.2, -0.15) is 0 Å². The van der Waals surface area contributed by atoms with Gasteiger partial charge in [0, 0.05) is 6.42 Å². The normalized spacial score (nSPS) is 11.1. The molecule has 13 heavy (non-hydrogen) atoms. The predicted molar refractivity (Wildman–Crippen MR) is 48.8 cm³/mol. The molecule has 0 aromatic heterocycles. The zero-order chi connectivity index (χ0) is 9.73. The molecule has 0 amide bonds. The van der Waals surface area contributed by atoms with Crippen LogP contribution in [0.2, 0.25) is 0 Å². The van der Waals surface area contributed by atoms with E-state index in [4.69, 9.17) is 0 Å². The molecule has 0 saturated carbocycles. The van der Waals surface area contributed by atoms with Crippen molar-refractivity contribution < 1.29 is 13.2 Å². The molecule has 1 rings (SSSR count). The summed E-state index contributed by atoms with van der Waals surface area (Å²) in [5.74, 6) is -0.166. The van der Waals surface area contributed by atoms with Gasteiger partial charge in [0.25, 0.3) is 0 Å². The summed E-state index contributed by atoms with van der Waals surface area (Å²) in [6.45, 7) is 0. The summed E-state index contributed by atoms with van der Waals surface area (Å²) < 4.78 is 22.8. The van der Waals surface area contributed by atoms with Crippen LogP contribution in [0.4, 0.5) is 0 Å². The Morgan fingerprint density at radius 2 is 1.77 bits per heavy atom. The molecule has 0 bridgehead atoms. The standard InChI is InChI=1S/C9H9O3S/c10-7-4-8-13(11,12)9-5-2-1-3-6-9/h1-3,5-6H,4,8H2. The zero-order valence-corrected chi connectivity index (χ0v) is 7.75. The van der Waals surface area contributed by atoms with E-state index in [2.05, 4.69) is 0 Å². The SMILES string of the molecule is O=[C]CCS(=O)(=O)c1ccccc1. The molecule has 0 aliphatic carbocycles. The lowest BCUT2D eigenvalue weighted by molar-refractivity contribution is 0.551. The molecule has 1 radical (unpaired) electrons. The van der Waals surface area contributed by atoms with Gasteiger partial charge in [0.2, 0.25) is 0 Å². The molecule has 0 spiro atoms. The monoisotopic (exact) mass is 197 g/mol. The Morgan fingerprint density at radius 1 is 1.15 bits per heavy atom. The third-order valence-electron chi connectivity index (χ3n) is 1.58. The molecule has 0 aliphatic rings. The van der Waals surface area contributed by atoms with Gasteiger partial charge in [-0.25, -0.2) is 8.42 Å². The first kappa shape index (κ1) is 9.92. The van der Waals surface area contributed by atoms with Gasteiger partial charge >= 0.3 is 0 Å². The van der Waals surface area contributed by atoms with Crippen LogP contribution in [-0.4, -0.2) is 20.5 Å². The minimum atomic E-state index is -3.28. The number of sulfone groups is 1. The lowest BCUT2D eigenvalue weighted by Gasteiger charge is -1.99. The summed E-state index contributed by atoms with van der Waals surface area (Å²) in [6.07, 6.45) is 1.49. The summed E-state index contributed by atoms with van der Waals surface area (Å²) in [6, 6.07) is 8.07. The number of benzene rings is 1. The Balaban J connectivity index is 2.88. The van der Waals surface area contributed by atoms with Crippen molar-refractivity contribution in [2.75, 3.05) is 5.75 Å². The van der Waals surface area contributed by atoms with Crippen LogP contribution in [0.25, 0.3) is 0 Å². The van der Waals surface area contributed by atoms with Crippen LogP contribution in [0.5, 0.6) is 0 Å². The van der Waals surface area contributed by atoms with E-state index < -0.39 is 9.84 Å². The maximum atomic E-state index is 11.4. The van der Waals surface area contributed by atoms with Crippen molar-refractivity contribution in [1.29, 1.82) is 0 Å². The fourth-order valence-corrected chi connectivity index (χ4v) is 2.08. The van der Waals surface area contributed by atoms with Crippen LogP contribution >= 0.6 is 0 Å². The zero-order valence-electron chi connectivity index (χ0n) is 6.93. The van der Waals surface area contributed by atoms with Gasteiger partial charge in [-0.15, -0.1) is 0 Å². The van der Waals surface area contributed by atoms with Crippen molar-refractivity contribution in [3.63, 3.8) is 0 Å². The van der Waals surface area contributed by atoms with E-state index in [9.17, 15) is 13.2 Å². The molecule has 0 saturated heterocycles. The third-order valence-corrected chi connectivity index (χ3v) is 3.31. The molecule has 0 unspecified atom stereocenters. The second-order valence-corrected chi connectivity index (χ2v) is 4.64. The number of rotatable bonds is 4. The number of hydrogen-bond acceptors (Lipinski definition) is 3. The smallest absolute Gasteiger partial charge is 0.199 e. The molecular weight excluding hydrogens is 188 g/mol. The molecule has 0 heterocycles. The number of hydrogen-bond donors (Lipinski definition) is 0. The van der Waals surface area contributed by atoms with E-state index in [1.54, 1.807) is 24.5 Å². The van der Waals surface area contributed by atoms with E-state index in [1.807, 2.05) is 0 Å². The van der Waals surface area contributed by atoms with Crippen molar-refractivity contribution in [2.24, 2.45) is 0 Å². The van der Waals surface area contributed by atoms with E-state index in [0.29, 0.717) is 0 Å². The van der Waals surface area contributed by atoms with Crippen LogP contribution in [0, 0.1) is 0 Å². The molecule has 0 atom stereocenters. The van der Waals surface area contributed by atoms with Gasteiger partial charge in [0.05, 0.1) is 10.6 Å². The quantitative estimate of drug-likeness (QED) is 0.722. The lowest BCUT2D eigenvalue weighted by atomic mass is 10.4. The molecule has 69 valence electrons. The maximum Gasteiger partial charge on any atom is 0.199 e. The topological polar surface area (TPSA) is 51.2 Å². The minimum absolute atomic E-state index is 0.0722. The third kappa shape index (κ3) is 2.66. The van der Waals surface area contributed by atoms with Gasteiger partial charge in [0.15, 0.2) is 16.1 Å². The fraction of sp³-hybridized carbons (Fsp3) is 0.222. The first-order valence-electron chi connectivity index (χ1n) is 3.79. The van der Waals surface area contributed by atoms with Gasteiger partial charge in [-0.3, -0.25) is 4.79 Å². The largest absolute Gasteiger partial charge is 0.291 e. The van der Waals surface area contributed by atoms with Crippen molar-refractivity contribution in [1.82, 2.24) is 0 Å². The molecule has 3 nitrogen and oxygen atoms in total. The van der Waals surface area contributed by atoms with Crippen LogP contribution < -0.4 is 0 Å². The average Bonchev–Trinajstić information content (AvgIpc) is 2.16. The second-order valence-electron chi connectivity index (χ2n) is 2.53. The van der Waals surface area contributed by atoms with E-state index in [-0.39, 0.29) is 17.1 Å². The summed E-state index contributed by atoms with van der Waals surface area (Å²) in [5, 5.41) is 0. The van der Waals surface area contributed by atoms with E-state index >= 15 is 0 Å². The highest BCUT2D eigenvalue weighted by Crippen LogP contribution is 2.10. The fourth-order valence-electron chi connectivity index (χ4n) is 0.922. The molecule has 0 fully saturated rings. The van der Waals surface area contributed by atoms with Crippen molar-refractivity contribution in [2.45, 2.75) is 11.3 Å². The van der Waals surface area contributed by atoms with Gasteiger partial charge < -0.3 is 0 Å². The highest BCUT2D eigenvalue weighted by atomic mass is 32.2. The van der Waals surface area contributed by atoms with Crippen LogP contribution in [0.1, 0.15) is 6.42 Å². The van der Waals surface area contributed by atoms with Crippen molar-refractivity contribution in [3.8, 4) is 0 Å². The highest BCUT2D eigenvalue weighted by Gasteiger charge is 2.12. The van der Waals surface area contributed by atoms with E-state index in [0.717, 1.165) is 0 Å². The number of carbonyl (C=O) groups excluding carboxylic acids is 1. The van der Waals surface area contributed by atoms with Crippen molar-refractivity contribution in [3.05, 3.63) is 30.3 Å². The van der Waals surface area contributed by atoms with Crippen LogP contribution in [0.15, 0.2) is 35.2 Å². The predicted octanol–water partition coefficient (Wildman–Crippen LogP) is 0.960. The summed E-state index contributed by atoms with van der Waals surface area (Å²) >= 11 is 0. The Morgan fingerprint density at radius 3 is 2.31 bits per heavy atom. The Bertz CT molecular complexity index is 367. The highest BCUT2D eigenvalue weighted by molar-refractivity contribution is 7.91. The summed E-state index contributed by atoms with van der Waals surface area (Å²) in [5.41, 5.74) is 0. The summed E-state index contributed by atoms with van der Waals surface area (Å²) in [4.78, 5) is 10.1. The van der Waals surface area contributed by atoms with Crippen molar-refractivity contribution >= 4 is 16.1 Å². The molecule has 1 aromatic rings. The molecule has 4 heteroatoms. The second kappa shape index (κ2) is 4.18. The van der Waals surface area contributed by atoms with Crippen LogP contribution in [0.3, 0.4) is 0 Å². The van der Waals surface area contributed by atoms with Gasteiger partial charge in [-0.05, 0) is 12.1 Å². The molecule has 0 N–H and O–H groups in total. The first-order valence-corrected chi connectivity index (χ1v) is 5.45. The average molecular weight is 197 g/mol. The van der Waals surface area contributed by atoms with Crippen LogP contribution in [-0.2, 0) is 14.6 Å². The molecule has 1 aromatic carbocycles. The molecule has 0 aliphatic heterocycles. The first-order chi connectivity index (χ1) is 6.17. The summed E-state index contributed by atoms with van der Waals surface area (Å²) in [7, 11) is -3.28. The maximum absolute atomic E-state index is 11.4. The van der Waals surface area contributed by atoms with Gasteiger partial charge in [0.1, 0.15) is 0 Å². The Kier molecular flexibility index (Phi) is 3.19. The Hall–Kier alpha value is -1.16. The van der Waals surface area contributed by atoms with Gasteiger partial charge in [-0.1, -0.05) is 18.2 Å². The Labute approximate surface area is 77.3 Å². The van der Waals surface area contributed by atoms with E-state index in [1.165, 1.54) is 12.1 Å².